The lowest BCUT2D eigenvalue weighted by molar-refractivity contribution is -0.147. The molecule has 0 aromatic rings. The lowest BCUT2D eigenvalue weighted by Crippen LogP contribution is -2.33. The molecular weight excluding hydrogens is 194 g/mol. The van der Waals surface area contributed by atoms with Crippen LogP contribution in [0.5, 0.6) is 0 Å². The lowest BCUT2D eigenvalue weighted by atomic mass is 10.4. The van der Waals surface area contributed by atoms with Gasteiger partial charge in [0.25, 0.3) is 0 Å². The second-order valence-electron chi connectivity index (χ2n) is 3.00. The Morgan fingerprint density at radius 2 is 2.53 bits per heavy atom. The van der Waals surface area contributed by atoms with Crippen LogP contribution in [0.2, 0.25) is 0 Å². The van der Waals surface area contributed by atoms with Gasteiger partial charge < -0.3 is 9.64 Å². The average Bonchev–Trinajstić information content (AvgIpc) is 2.48. The van der Waals surface area contributed by atoms with Crippen LogP contribution in [0.4, 0.5) is 0 Å². The lowest BCUT2D eigenvalue weighted by Gasteiger charge is -2.19. The Morgan fingerprint density at radius 1 is 1.67 bits per heavy atom. The molecule has 0 radical (unpaired) electrons. The van der Waals surface area contributed by atoms with Crippen molar-refractivity contribution in [1.29, 1.82) is 0 Å². The van der Waals surface area contributed by atoms with E-state index in [1.54, 1.807) is 42.7 Å². The topological polar surface area (TPSA) is 54.3 Å². The Balaban J connectivity index is 2.18. The van der Waals surface area contributed by atoms with Gasteiger partial charge in [-0.3, -0.25) is 9.98 Å². The zero-order valence-electron chi connectivity index (χ0n) is 8.33. The van der Waals surface area contributed by atoms with Crippen molar-refractivity contribution < 1.29 is 9.53 Å². The van der Waals surface area contributed by atoms with Gasteiger partial charge in [-0.25, -0.2) is 4.79 Å². The molecule has 15 heavy (non-hydrogen) atoms. The maximum Gasteiger partial charge on any atom is 0.352 e. The summed E-state index contributed by atoms with van der Waals surface area (Å²) < 4.78 is 4.92. The molecule has 2 heterocycles. The fourth-order valence-corrected chi connectivity index (χ4v) is 1.39. The van der Waals surface area contributed by atoms with Crippen molar-refractivity contribution in [3.8, 4) is 0 Å². The summed E-state index contributed by atoms with van der Waals surface area (Å²) in [6.07, 6.45) is 7.84. The van der Waals surface area contributed by atoms with Crippen LogP contribution in [0.15, 0.2) is 34.2 Å². The Kier molecular flexibility index (Phi) is 2.62. The Hall–Kier alpha value is -1.91. The number of rotatable bonds is 2. The van der Waals surface area contributed by atoms with Crippen molar-refractivity contribution >= 4 is 18.4 Å². The highest BCUT2D eigenvalue weighted by molar-refractivity contribution is 5.89. The second kappa shape index (κ2) is 4.08. The predicted molar refractivity (Wildman–Crippen MR) is 56.5 cm³/mol. The highest BCUT2D eigenvalue weighted by atomic mass is 16.5. The number of carbonyl (C=O) groups is 1. The van der Waals surface area contributed by atoms with Crippen LogP contribution in [0, 0.1) is 0 Å². The standard InChI is InChI=1S/C10H11N3O2/c1-2-15-10(14)9-12-7-8-6-11-4-3-5-13(8)9/h3-7,9H,2H2,1H3. The van der Waals surface area contributed by atoms with Crippen LogP contribution in [0.3, 0.4) is 0 Å². The third-order valence-corrected chi connectivity index (χ3v) is 2.03. The number of esters is 1. The van der Waals surface area contributed by atoms with Gasteiger partial charge in [0.15, 0.2) is 0 Å². The molecule has 0 N–H and O–H groups in total. The number of aliphatic imine (C=N–C) groups is 2. The van der Waals surface area contributed by atoms with Crippen LogP contribution in [0.25, 0.3) is 0 Å². The number of carbonyl (C=O) groups excluding carboxylic acids is 1. The Bertz CT molecular complexity index is 382. The molecule has 0 aromatic heterocycles. The van der Waals surface area contributed by atoms with E-state index in [-0.39, 0.29) is 5.97 Å². The first-order valence-electron chi connectivity index (χ1n) is 4.71. The van der Waals surface area contributed by atoms with E-state index in [0.717, 1.165) is 5.70 Å². The highest BCUT2D eigenvalue weighted by Gasteiger charge is 2.30. The maximum atomic E-state index is 11.5. The molecule has 0 saturated heterocycles. The van der Waals surface area contributed by atoms with Crippen molar-refractivity contribution in [1.82, 2.24) is 4.90 Å². The van der Waals surface area contributed by atoms with Gasteiger partial charge in [-0.1, -0.05) is 0 Å². The third-order valence-electron chi connectivity index (χ3n) is 2.03. The number of allylic oxidation sites excluding steroid dienone is 2. The van der Waals surface area contributed by atoms with Crippen molar-refractivity contribution in [2.75, 3.05) is 6.61 Å². The second-order valence-corrected chi connectivity index (χ2v) is 3.00. The minimum Gasteiger partial charge on any atom is -0.463 e. The zero-order chi connectivity index (χ0) is 10.7. The van der Waals surface area contributed by atoms with E-state index in [1.807, 2.05) is 0 Å². The minimum atomic E-state index is -0.603. The first kappa shape index (κ1) is 9.64. The molecule has 2 aliphatic heterocycles. The molecular formula is C10H11N3O2. The monoisotopic (exact) mass is 205 g/mol. The molecule has 0 aromatic carbocycles. The van der Waals surface area contributed by atoms with Gasteiger partial charge in [0.05, 0.1) is 18.5 Å². The van der Waals surface area contributed by atoms with Crippen molar-refractivity contribution in [3.63, 3.8) is 0 Å². The number of hydrogen-bond donors (Lipinski definition) is 0. The van der Waals surface area contributed by atoms with Crippen LogP contribution in [-0.4, -0.2) is 36.1 Å². The molecule has 0 bridgehead atoms. The average molecular weight is 205 g/mol. The number of fused-ring (bicyclic) bond motifs is 1. The summed E-state index contributed by atoms with van der Waals surface area (Å²) >= 11 is 0. The number of nitrogens with zero attached hydrogens (tertiary/aromatic N) is 3. The quantitative estimate of drug-likeness (QED) is 0.623. The van der Waals surface area contributed by atoms with Gasteiger partial charge in [-0.2, -0.15) is 0 Å². The van der Waals surface area contributed by atoms with Gasteiger partial charge in [-0.15, -0.1) is 0 Å². The Labute approximate surface area is 87.5 Å². The molecule has 0 amide bonds. The molecule has 5 nitrogen and oxygen atoms in total. The molecule has 0 aliphatic carbocycles. The van der Waals surface area contributed by atoms with E-state index in [1.165, 1.54) is 0 Å². The van der Waals surface area contributed by atoms with Crippen molar-refractivity contribution in [2.24, 2.45) is 9.98 Å². The first-order valence-corrected chi connectivity index (χ1v) is 4.71. The Morgan fingerprint density at radius 3 is 3.33 bits per heavy atom. The van der Waals surface area contributed by atoms with E-state index in [0.29, 0.717) is 6.61 Å². The predicted octanol–water partition coefficient (Wildman–Crippen LogP) is 0.702. The highest BCUT2D eigenvalue weighted by Crippen LogP contribution is 2.19. The number of hydrogen-bond acceptors (Lipinski definition) is 5. The number of ether oxygens (including phenoxy) is 1. The molecule has 5 heteroatoms. The first-order chi connectivity index (χ1) is 7.33. The molecule has 78 valence electrons. The van der Waals surface area contributed by atoms with Gasteiger partial charge in [0.1, 0.15) is 0 Å². The van der Waals surface area contributed by atoms with Crippen LogP contribution in [0.1, 0.15) is 6.92 Å². The van der Waals surface area contributed by atoms with E-state index in [2.05, 4.69) is 9.98 Å². The van der Waals surface area contributed by atoms with E-state index in [9.17, 15) is 4.79 Å². The van der Waals surface area contributed by atoms with E-state index in [4.69, 9.17) is 4.74 Å². The summed E-state index contributed by atoms with van der Waals surface area (Å²) in [7, 11) is 0. The van der Waals surface area contributed by atoms with E-state index < -0.39 is 6.17 Å². The maximum absolute atomic E-state index is 11.5. The third kappa shape index (κ3) is 1.81. The summed E-state index contributed by atoms with van der Waals surface area (Å²) in [6.45, 7) is 2.13. The van der Waals surface area contributed by atoms with Gasteiger partial charge in [-0.05, 0) is 13.0 Å². The summed E-state index contributed by atoms with van der Waals surface area (Å²) in [6, 6.07) is 0. The van der Waals surface area contributed by atoms with Crippen LogP contribution in [-0.2, 0) is 9.53 Å². The van der Waals surface area contributed by atoms with Crippen LogP contribution >= 0.6 is 0 Å². The molecule has 0 fully saturated rings. The molecule has 2 rings (SSSR count). The zero-order valence-corrected chi connectivity index (χ0v) is 8.33. The summed E-state index contributed by atoms with van der Waals surface area (Å²) in [5, 5.41) is 0. The molecule has 2 aliphatic rings. The minimum absolute atomic E-state index is 0.344. The normalized spacial score (nSPS) is 22.3. The molecule has 1 unspecified atom stereocenters. The molecule has 0 saturated carbocycles. The van der Waals surface area contributed by atoms with Crippen molar-refractivity contribution in [2.45, 2.75) is 13.1 Å². The summed E-state index contributed by atoms with van der Waals surface area (Å²) in [5.41, 5.74) is 0.790. The molecule has 1 atom stereocenters. The fraction of sp³-hybridized carbons (Fsp3) is 0.300. The fourth-order valence-electron chi connectivity index (χ4n) is 1.39. The molecule has 0 spiro atoms. The summed E-state index contributed by atoms with van der Waals surface area (Å²) in [4.78, 5) is 21.3. The smallest absolute Gasteiger partial charge is 0.352 e. The van der Waals surface area contributed by atoms with Gasteiger partial charge in [0, 0.05) is 18.6 Å². The van der Waals surface area contributed by atoms with Crippen molar-refractivity contribution in [3.05, 3.63) is 24.2 Å². The SMILES string of the molecule is CCOC(=O)C1N=CC2=CN=CC=CN21. The van der Waals surface area contributed by atoms with Gasteiger partial charge in [0.2, 0.25) is 6.17 Å². The van der Waals surface area contributed by atoms with Crippen LogP contribution < -0.4 is 0 Å². The largest absolute Gasteiger partial charge is 0.463 e. The summed E-state index contributed by atoms with van der Waals surface area (Å²) in [5.74, 6) is -0.344. The van der Waals surface area contributed by atoms with Gasteiger partial charge >= 0.3 is 5.97 Å². The van der Waals surface area contributed by atoms with E-state index >= 15 is 0 Å².